The molecule has 0 spiro atoms. The van der Waals surface area contributed by atoms with E-state index in [4.69, 9.17) is 10.00 Å². The van der Waals surface area contributed by atoms with Gasteiger partial charge < -0.3 is 15.0 Å². The Hall–Kier alpha value is -4.25. The highest BCUT2D eigenvalue weighted by atomic mass is 19.1. The Kier molecular flexibility index (Phi) is 8.48. The van der Waals surface area contributed by atoms with Crippen molar-refractivity contribution < 1.29 is 18.7 Å². The lowest BCUT2D eigenvalue weighted by Gasteiger charge is -2.21. The number of hydrogen-bond acceptors (Lipinski definition) is 5. The number of benzene rings is 2. The molecule has 0 bridgehead atoms. The number of pyridine rings is 1. The van der Waals surface area contributed by atoms with Crippen molar-refractivity contribution in [2.75, 3.05) is 11.4 Å². The fraction of sp³-hybridized carbons (Fsp3) is 0.200. The topological polar surface area (TPSA) is 95.3 Å². The number of carbonyl (C=O) groups is 2. The number of halogens is 1. The highest BCUT2D eigenvalue weighted by Crippen LogP contribution is 2.23. The summed E-state index contributed by atoms with van der Waals surface area (Å²) in [5.41, 5.74) is 1.30. The average molecular weight is 446 g/mol. The molecule has 0 aliphatic rings. The summed E-state index contributed by atoms with van der Waals surface area (Å²) < 4.78 is 19.1. The van der Waals surface area contributed by atoms with Crippen LogP contribution in [0.4, 0.5) is 10.1 Å². The molecular weight excluding hydrogens is 423 g/mol. The van der Waals surface area contributed by atoms with E-state index in [1.54, 1.807) is 30.3 Å². The van der Waals surface area contributed by atoms with Gasteiger partial charge in [-0.25, -0.2) is 9.37 Å². The van der Waals surface area contributed by atoms with E-state index in [2.05, 4.69) is 10.3 Å². The van der Waals surface area contributed by atoms with Gasteiger partial charge in [0.1, 0.15) is 11.6 Å². The van der Waals surface area contributed by atoms with Gasteiger partial charge in [0.2, 0.25) is 17.7 Å². The summed E-state index contributed by atoms with van der Waals surface area (Å²) in [6, 6.07) is 20.2. The molecule has 0 atom stereocenters. The third-order valence-electron chi connectivity index (χ3n) is 4.72. The zero-order valence-electron chi connectivity index (χ0n) is 17.9. The van der Waals surface area contributed by atoms with Gasteiger partial charge in [-0.3, -0.25) is 9.59 Å². The Morgan fingerprint density at radius 2 is 1.88 bits per heavy atom. The van der Waals surface area contributed by atoms with Crippen molar-refractivity contribution in [3.63, 3.8) is 0 Å². The molecule has 0 aliphatic heterocycles. The molecule has 33 heavy (non-hydrogen) atoms. The fourth-order valence-electron chi connectivity index (χ4n) is 3.10. The Balaban J connectivity index is 1.55. The van der Waals surface area contributed by atoms with Crippen LogP contribution >= 0.6 is 0 Å². The lowest BCUT2D eigenvalue weighted by Crippen LogP contribution is -2.33. The zero-order valence-corrected chi connectivity index (χ0v) is 17.9. The predicted octanol–water partition coefficient (Wildman–Crippen LogP) is 4.36. The SMILES string of the molecule is N#CCCN(C(=O)CCC(=O)NCc1cccnc1Oc1cccc(F)c1)c1ccccc1. The molecule has 0 radical (unpaired) electrons. The maximum Gasteiger partial charge on any atom is 0.227 e. The number of aromatic nitrogens is 1. The largest absolute Gasteiger partial charge is 0.439 e. The second-order valence-electron chi connectivity index (χ2n) is 7.09. The van der Waals surface area contributed by atoms with E-state index in [1.807, 2.05) is 24.3 Å². The van der Waals surface area contributed by atoms with E-state index in [-0.39, 0.29) is 50.0 Å². The second kappa shape index (κ2) is 12.0. The number of amides is 2. The highest BCUT2D eigenvalue weighted by molar-refractivity contribution is 5.95. The van der Waals surface area contributed by atoms with Gasteiger partial charge >= 0.3 is 0 Å². The first kappa shape index (κ1) is 23.4. The molecule has 3 aromatic rings. The third kappa shape index (κ3) is 7.14. The van der Waals surface area contributed by atoms with Crippen LogP contribution in [0.3, 0.4) is 0 Å². The number of nitriles is 1. The molecule has 2 aromatic carbocycles. The van der Waals surface area contributed by atoms with Crippen molar-refractivity contribution in [3.8, 4) is 17.7 Å². The molecule has 0 unspecified atom stereocenters. The Bertz CT molecular complexity index is 1130. The summed E-state index contributed by atoms with van der Waals surface area (Å²) >= 11 is 0. The zero-order chi connectivity index (χ0) is 23.5. The third-order valence-corrected chi connectivity index (χ3v) is 4.72. The molecule has 1 heterocycles. The number of nitrogens with zero attached hydrogens (tertiary/aromatic N) is 3. The molecule has 0 saturated carbocycles. The molecule has 0 aliphatic carbocycles. The van der Waals surface area contributed by atoms with E-state index in [0.717, 1.165) is 0 Å². The maximum atomic E-state index is 13.4. The van der Waals surface area contributed by atoms with Gasteiger partial charge in [0.25, 0.3) is 0 Å². The van der Waals surface area contributed by atoms with Crippen LogP contribution in [-0.2, 0) is 16.1 Å². The standard InChI is InChI=1S/C25H23FN4O3/c26-20-8-4-11-22(17-20)33-25-19(7-5-15-28-25)18-29-23(31)12-13-24(32)30(16-6-14-27)21-9-2-1-3-10-21/h1-5,7-11,15,17H,6,12-13,16,18H2,(H,29,31). The van der Waals surface area contributed by atoms with Gasteiger partial charge in [-0.2, -0.15) is 5.26 Å². The van der Waals surface area contributed by atoms with Gasteiger partial charge in [0.05, 0.1) is 12.5 Å². The molecular formula is C25H23FN4O3. The monoisotopic (exact) mass is 446 g/mol. The minimum atomic E-state index is -0.428. The number of carbonyl (C=O) groups excluding carboxylic acids is 2. The van der Waals surface area contributed by atoms with Crippen LogP contribution in [0.15, 0.2) is 72.9 Å². The summed E-state index contributed by atoms with van der Waals surface area (Å²) in [5.74, 6) is -0.418. The lowest BCUT2D eigenvalue weighted by molar-refractivity contribution is -0.125. The van der Waals surface area contributed by atoms with Crippen molar-refractivity contribution in [3.05, 3.63) is 84.3 Å². The first-order valence-corrected chi connectivity index (χ1v) is 10.4. The van der Waals surface area contributed by atoms with E-state index >= 15 is 0 Å². The van der Waals surface area contributed by atoms with Gasteiger partial charge in [-0.05, 0) is 30.3 Å². The number of nitrogens with one attached hydrogen (secondary N) is 1. The molecule has 1 aromatic heterocycles. The minimum Gasteiger partial charge on any atom is -0.439 e. The van der Waals surface area contributed by atoms with E-state index in [1.165, 1.54) is 29.3 Å². The molecule has 1 N–H and O–H groups in total. The van der Waals surface area contributed by atoms with Crippen LogP contribution in [-0.4, -0.2) is 23.3 Å². The summed E-state index contributed by atoms with van der Waals surface area (Å²) in [5, 5.41) is 11.6. The van der Waals surface area contributed by atoms with Gasteiger partial charge in [0.15, 0.2) is 0 Å². The van der Waals surface area contributed by atoms with Crippen LogP contribution in [0.5, 0.6) is 11.6 Å². The maximum absolute atomic E-state index is 13.4. The number of hydrogen-bond donors (Lipinski definition) is 1. The highest BCUT2D eigenvalue weighted by Gasteiger charge is 2.17. The van der Waals surface area contributed by atoms with E-state index in [9.17, 15) is 14.0 Å². The number of rotatable bonds is 10. The second-order valence-corrected chi connectivity index (χ2v) is 7.09. The normalized spacial score (nSPS) is 10.2. The average Bonchev–Trinajstić information content (AvgIpc) is 2.83. The fourth-order valence-corrected chi connectivity index (χ4v) is 3.10. The Morgan fingerprint density at radius 3 is 2.64 bits per heavy atom. The molecule has 0 saturated heterocycles. The van der Waals surface area contributed by atoms with Gasteiger partial charge in [0, 0.05) is 49.4 Å². The number of para-hydroxylation sites is 1. The van der Waals surface area contributed by atoms with Crippen molar-refractivity contribution in [1.29, 1.82) is 5.26 Å². The molecule has 2 amide bonds. The Labute approximate surface area is 191 Å². The molecule has 3 rings (SSSR count). The Morgan fingerprint density at radius 1 is 1.06 bits per heavy atom. The molecule has 168 valence electrons. The summed E-state index contributed by atoms with van der Waals surface area (Å²) in [4.78, 5) is 30.7. The van der Waals surface area contributed by atoms with Crippen molar-refractivity contribution >= 4 is 17.5 Å². The van der Waals surface area contributed by atoms with Crippen molar-refractivity contribution in [2.45, 2.75) is 25.8 Å². The van der Waals surface area contributed by atoms with E-state index < -0.39 is 5.82 Å². The van der Waals surface area contributed by atoms with Crippen molar-refractivity contribution in [1.82, 2.24) is 10.3 Å². The van der Waals surface area contributed by atoms with Crippen molar-refractivity contribution in [2.24, 2.45) is 0 Å². The first-order chi connectivity index (χ1) is 16.1. The van der Waals surface area contributed by atoms with E-state index in [0.29, 0.717) is 17.0 Å². The molecule has 8 heteroatoms. The summed E-state index contributed by atoms with van der Waals surface area (Å²) in [6.45, 7) is 0.403. The summed E-state index contributed by atoms with van der Waals surface area (Å²) in [6.07, 6.45) is 1.74. The number of ether oxygens (including phenoxy) is 1. The van der Waals surface area contributed by atoms with Gasteiger partial charge in [-0.15, -0.1) is 0 Å². The van der Waals surface area contributed by atoms with Gasteiger partial charge in [-0.1, -0.05) is 30.3 Å². The molecule has 0 fully saturated rings. The minimum absolute atomic E-state index is 0.00489. The summed E-state index contributed by atoms with van der Waals surface area (Å²) in [7, 11) is 0. The van der Waals surface area contributed by atoms with Crippen LogP contribution in [0.25, 0.3) is 0 Å². The first-order valence-electron chi connectivity index (χ1n) is 10.4. The number of anilines is 1. The lowest BCUT2D eigenvalue weighted by atomic mass is 10.2. The predicted molar refractivity (Wildman–Crippen MR) is 121 cm³/mol. The van der Waals surface area contributed by atoms with Crippen LogP contribution in [0.1, 0.15) is 24.8 Å². The van der Waals surface area contributed by atoms with Crippen LogP contribution < -0.4 is 15.0 Å². The van der Waals surface area contributed by atoms with Crippen LogP contribution in [0, 0.1) is 17.1 Å². The smallest absolute Gasteiger partial charge is 0.227 e. The quantitative estimate of drug-likeness (QED) is 0.499. The molecule has 7 nitrogen and oxygen atoms in total. The van der Waals surface area contributed by atoms with Crippen LogP contribution in [0.2, 0.25) is 0 Å².